The van der Waals surface area contributed by atoms with Crippen molar-refractivity contribution in [2.75, 3.05) is 5.32 Å². The minimum absolute atomic E-state index is 0.169. The van der Waals surface area contributed by atoms with Crippen LogP contribution in [-0.2, 0) is 20.0 Å². The summed E-state index contributed by atoms with van der Waals surface area (Å²) in [5.74, 6) is -3.81. The van der Waals surface area contributed by atoms with Gasteiger partial charge in [0.15, 0.2) is 23.2 Å². The second kappa shape index (κ2) is 6.70. The van der Waals surface area contributed by atoms with Gasteiger partial charge in [0, 0.05) is 49.1 Å². The van der Waals surface area contributed by atoms with Crippen LogP contribution >= 0.6 is 0 Å². The van der Waals surface area contributed by atoms with E-state index in [1.54, 1.807) is 24.1 Å². The summed E-state index contributed by atoms with van der Waals surface area (Å²) in [6, 6.07) is 0.671. The number of rotatable bonds is 2. The zero-order valence-corrected chi connectivity index (χ0v) is 15.0. The molecule has 10 heteroatoms. The van der Waals surface area contributed by atoms with Crippen LogP contribution in [0, 0.1) is 17.5 Å². The average Bonchev–Trinajstić information content (AvgIpc) is 3.24. The van der Waals surface area contributed by atoms with E-state index in [1.807, 2.05) is 6.92 Å². The fraction of sp³-hybridized carbons (Fsp3) is 0.278. The van der Waals surface area contributed by atoms with Crippen molar-refractivity contribution in [3.8, 4) is 11.3 Å². The summed E-state index contributed by atoms with van der Waals surface area (Å²) in [6.45, 7) is 2.02. The Bertz CT molecular complexity index is 1040. The van der Waals surface area contributed by atoms with Gasteiger partial charge in [-0.15, -0.1) is 0 Å². The molecule has 2 amide bonds. The number of urea groups is 1. The van der Waals surface area contributed by atoms with Crippen LogP contribution in [-0.4, -0.2) is 31.9 Å². The fourth-order valence-electron chi connectivity index (χ4n) is 3.24. The fourth-order valence-corrected chi connectivity index (χ4v) is 3.24. The summed E-state index contributed by atoms with van der Waals surface area (Å²) >= 11 is 0. The first-order valence-corrected chi connectivity index (χ1v) is 8.52. The number of carbonyl (C=O) groups excluding carboxylic acids is 1. The highest BCUT2D eigenvalue weighted by Crippen LogP contribution is 2.32. The molecule has 0 saturated heterocycles. The van der Waals surface area contributed by atoms with Crippen LogP contribution in [0.4, 0.5) is 23.7 Å². The zero-order chi connectivity index (χ0) is 20.0. The van der Waals surface area contributed by atoms with Gasteiger partial charge in [-0.3, -0.25) is 4.68 Å². The summed E-state index contributed by atoms with van der Waals surface area (Å²) < 4.78 is 47.0. The number of amides is 2. The van der Waals surface area contributed by atoms with Crippen molar-refractivity contribution >= 4 is 11.7 Å². The van der Waals surface area contributed by atoms with Crippen molar-refractivity contribution in [2.45, 2.75) is 25.9 Å². The summed E-state index contributed by atoms with van der Waals surface area (Å²) in [7, 11) is 1.77. The number of benzene rings is 1. The SMILES string of the molecule is CC1Cc2noc(-c3cnn(C)c3)c2CN1C(=O)Nc1cc(F)c(F)c(F)c1. The molecule has 0 radical (unpaired) electrons. The highest BCUT2D eigenvalue weighted by Gasteiger charge is 2.32. The Morgan fingerprint density at radius 2 is 2.00 bits per heavy atom. The van der Waals surface area contributed by atoms with Crippen LogP contribution in [0.5, 0.6) is 0 Å². The Kier molecular flexibility index (Phi) is 4.33. The second-order valence-corrected chi connectivity index (χ2v) is 6.70. The Labute approximate surface area is 157 Å². The summed E-state index contributed by atoms with van der Waals surface area (Å²) in [6.07, 6.45) is 3.86. The van der Waals surface area contributed by atoms with Crippen molar-refractivity contribution in [3.05, 3.63) is 53.2 Å². The van der Waals surface area contributed by atoms with Gasteiger partial charge >= 0.3 is 6.03 Å². The number of aryl methyl sites for hydroxylation is 1. The molecule has 3 heterocycles. The topological polar surface area (TPSA) is 76.2 Å². The Morgan fingerprint density at radius 1 is 1.29 bits per heavy atom. The van der Waals surface area contributed by atoms with E-state index in [-0.39, 0.29) is 18.3 Å². The first-order chi connectivity index (χ1) is 13.3. The number of fused-ring (bicyclic) bond motifs is 1. The molecule has 1 aromatic carbocycles. The molecule has 4 rings (SSSR count). The molecule has 3 aromatic rings. The number of hydrogen-bond donors (Lipinski definition) is 1. The lowest BCUT2D eigenvalue weighted by Gasteiger charge is -2.32. The third-order valence-electron chi connectivity index (χ3n) is 4.68. The molecule has 1 unspecified atom stereocenters. The molecule has 0 fully saturated rings. The number of nitrogens with zero attached hydrogens (tertiary/aromatic N) is 4. The third kappa shape index (κ3) is 3.10. The quantitative estimate of drug-likeness (QED) is 0.679. The standard InChI is InChI=1S/C18H16F3N5O2/c1-9-3-15-12(17(28-24-15)10-6-22-25(2)7-10)8-26(9)18(27)23-11-4-13(19)16(21)14(20)5-11/h4-7,9H,3,8H2,1-2H3,(H,23,27). The van der Waals surface area contributed by atoms with Gasteiger partial charge in [0.25, 0.3) is 0 Å². The Hall–Kier alpha value is -3.30. The lowest BCUT2D eigenvalue weighted by molar-refractivity contribution is 0.182. The Balaban J connectivity index is 1.58. The maximum atomic E-state index is 13.4. The highest BCUT2D eigenvalue weighted by atomic mass is 19.2. The van der Waals surface area contributed by atoms with Gasteiger partial charge in [-0.2, -0.15) is 5.10 Å². The molecule has 2 aromatic heterocycles. The van der Waals surface area contributed by atoms with E-state index in [0.29, 0.717) is 12.2 Å². The molecule has 0 spiro atoms. The van der Waals surface area contributed by atoms with Gasteiger partial charge in [-0.1, -0.05) is 5.16 Å². The van der Waals surface area contributed by atoms with Crippen molar-refractivity contribution in [3.63, 3.8) is 0 Å². The summed E-state index contributed by atoms with van der Waals surface area (Å²) in [5.41, 5.74) is 2.05. The predicted octanol–water partition coefficient (Wildman–Crippen LogP) is 3.47. The van der Waals surface area contributed by atoms with Crippen LogP contribution in [0.15, 0.2) is 29.0 Å². The molecule has 1 aliphatic heterocycles. The minimum atomic E-state index is -1.58. The first-order valence-electron chi connectivity index (χ1n) is 8.52. The van der Waals surface area contributed by atoms with E-state index in [1.165, 1.54) is 4.90 Å². The molecule has 0 saturated carbocycles. The number of anilines is 1. The molecule has 146 valence electrons. The largest absolute Gasteiger partial charge is 0.356 e. The first kappa shape index (κ1) is 18.1. The predicted molar refractivity (Wildman–Crippen MR) is 92.7 cm³/mol. The van der Waals surface area contributed by atoms with Gasteiger partial charge in [0.05, 0.1) is 24.0 Å². The number of nitrogens with one attached hydrogen (secondary N) is 1. The average molecular weight is 391 g/mol. The van der Waals surface area contributed by atoms with Crippen LogP contribution in [0.1, 0.15) is 18.2 Å². The molecular formula is C18H16F3N5O2. The number of hydrogen-bond acceptors (Lipinski definition) is 4. The van der Waals surface area contributed by atoms with Gasteiger partial charge in [0.1, 0.15) is 0 Å². The lowest BCUT2D eigenvalue weighted by Crippen LogP contribution is -2.44. The van der Waals surface area contributed by atoms with Gasteiger partial charge in [0.2, 0.25) is 0 Å². The van der Waals surface area contributed by atoms with Gasteiger partial charge in [-0.05, 0) is 6.92 Å². The van der Waals surface area contributed by atoms with Crippen LogP contribution in [0.3, 0.4) is 0 Å². The molecule has 1 aliphatic rings. The smallest absolute Gasteiger partial charge is 0.322 e. The highest BCUT2D eigenvalue weighted by molar-refractivity contribution is 5.89. The van der Waals surface area contributed by atoms with Crippen molar-refractivity contribution in [1.29, 1.82) is 0 Å². The summed E-state index contributed by atoms with van der Waals surface area (Å²) in [5, 5.41) is 10.6. The van der Waals surface area contributed by atoms with Crippen molar-refractivity contribution in [1.82, 2.24) is 19.8 Å². The van der Waals surface area contributed by atoms with Crippen molar-refractivity contribution in [2.24, 2.45) is 7.05 Å². The maximum absolute atomic E-state index is 13.4. The van der Waals surface area contributed by atoms with Gasteiger partial charge in [-0.25, -0.2) is 18.0 Å². The van der Waals surface area contributed by atoms with E-state index in [0.717, 1.165) is 29.0 Å². The monoisotopic (exact) mass is 391 g/mol. The number of carbonyl (C=O) groups is 1. The van der Waals surface area contributed by atoms with E-state index in [9.17, 15) is 18.0 Å². The maximum Gasteiger partial charge on any atom is 0.322 e. The second-order valence-electron chi connectivity index (χ2n) is 6.70. The van der Waals surface area contributed by atoms with Crippen LogP contribution < -0.4 is 5.32 Å². The van der Waals surface area contributed by atoms with Crippen LogP contribution in [0.25, 0.3) is 11.3 Å². The molecule has 0 aliphatic carbocycles. The third-order valence-corrected chi connectivity index (χ3v) is 4.68. The van der Waals surface area contributed by atoms with Crippen LogP contribution in [0.2, 0.25) is 0 Å². The molecule has 1 atom stereocenters. The van der Waals surface area contributed by atoms with E-state index < -0.39 is 23.5 Å². The zero-order valence-electron chi connectivity index (χ0n) is 15.0. The van der Waals surface area contributed by atoms with Crippen molar-refractivity contribution < 1.29 is 22.5 Å². The molecule has 28 heavy (non-hydrogen) atoms. The molecule has 0 bridgehead atoms. The summed E-state index contributed by atoms with van der Waals surface area (Å²) in [4.78, 5) is 14.2. The normalized spacial score (nSPS) is 16.2. The van der Waals surface area contributed by atoms with E-state index >= 15 is 0 Å². The number of halogens is 3. The minimum Gasteiger partial charge on any atom is -0.356 e. The Morgan fingerprint density at radius 3 is 2.64 bits per heavy atom. The molecular weight excluding hydrogens is 375 g/mol. The lowest BCUT2D eigenvalue weighted by atomic mass is 9.98. The van der Waals surface area contributed by atoms with E-state index in [4.69, 9.17) is 4.52 Å². The molecule has 7 nitrogen and oxygen atoms in total. The number of aromatic nitrogens is 3. The van der Waals surface area contributed by atoms with Gasteiger partial charge < -0.3 is 14.7 Å². The molecule has 1 N–H and O–H groups in total. The van der Waals surface area contributed by atoms with E-state index in [2.05, 4.69) is 15.6 Å².